The molecule has 1 aromatic heterocycles. The molecule has 7 rings (SSSR count). The number of aromatic nitrogens is 3. The van der Waals surface area contributed by atoms with Crippen molar-refractivity contribution in [2.45, 2.75) is 25.6 Å². The van der Waals surface area contributed by atoms with Crippen LogP contribution in [-0.4, -0.2) is 40.2 Å². The number of hydrogen-bond acceptors (Lipinski definition) is 7. The SMILES string of the molecule is O=C1NCCC/C=C/c2ccc(cc2)CNc2nc(nc(OCC(F)(F)F)n2)Nc2ccc1cc2. The predicted molar refractivity (Wildman–Crippen MR) is 125 cm³/mol. The first-order chi connectivity index (χ1) is 16.8. The largest absolute Gasteiger partial charge is 0.454 e. The zero-order chi connectivity index (χ0) is 24.7. The molecule has 6 bridgehead atoms. The molecular formula is C24H23F3N6O2. The number of anilines is 3. The van der Waals surface area contributed by atoms with E-state index in [9.17, 15) is 18.0 Å². The number of nitrogens with zero attached hydrogens (tertiary/aromatic N) is 3. The Morgan fingerprint density at radius 1 is 0.914 bits per heavy atom. The number of alkyl halides is 3. The number of carbonyl (C=O) groups is 1. The molecule has 0 aliphatic carbocycles. The minimum absolute atomic E-state index is 0.0109. The lowest BCUT2D eigenvalue weighted by atomic mass is 10.1. The van der Waals surface area contributed by atoms with Crippen LogP contribution in [0.25, 0.3) is 6.08 Å². The fraction of sp³-hybridized carbons (Fsp3) is 0.250. The number of ether oxygens (including phenoxy) is 1. The summed E-state index contributed by atoms with van der Waals surface area (Å²) in [6, 6.07) is 13.8. The molecule has 0 atom stereocenters. The Labute approximate surface area is 199 Å². The minimum atomic E-state index is -4.54. The van der Waals surface area contributed by atoms with Crippen LogP contribution in [-0.2, 0) is 6.54 Å². The Bertz CT molecular complexity index is 1180. The second kappa shape index (κ2) is 10.9. The van der Waals surface area contributed by atoms with Gasteiger partial charge in [0, 0.05) is 24.3 Å². The summed E-state index contributed by atoms with van der Waals surface area (Å²) in [5.74, 6) is -0.162. The summed E-state index contributed by atoms with van der Waals surface area (Å²) >= 11 is 0. The summed E-state index contributed by atoms with van der Waals surface area (Å²) in [4.78, 5) is 24.5. The Kier molecular flexibility index (Phi) is 7.44. The van der Waals surface area contributed by atoms with E-state index in [4.69, 9.17) is 4.74 Å². The standard InChI is InChI=1S/C24H23F3N6O2/c25-24(26,27)15-35-23-32-21-29-14-17-7-5-16(6-8-17)4-2-1-3-13-28-20(34)18-9-11-19(12-10-18)30-22(31-21)33-23/h2,4-12H,1,3,13-15H2,(H,28,34)(H2,29,30,31,32,33)/b4-2+. The minimum Gasteiger partial charge on any atom is -0.454 e. The third-order valence-corrected chi connectivity index (χ3v) is 4.96. The van der Waals surface area contributed by atoms with Crippen LogP contribution in [0.1, 0.15) is 34.3 Å². The zero-order valence-corrected chi connectivity index (χ0v) is 18.6. The van der Waals surface area contributed by atoms with Gasteiger partial charge < -0.3 is 20.7 Å². The van der Waals surface area contributed by atoms with Crippen molar-refractivity contribution < 1.29 is 22.7 Å². The van der Waals surface area contributed by atoms with Crippen molar-refractivity contribution in [1.82, 2.24) is 20.3 Å². The molecule has 0 unspecified atom stereocenters. The molecule has 0 fully saturated rings. The molecule has 35 heavy (non-hydrogen) atoms. The second-order valence-corrected chi connectivity index (χ2v) is 7.77. The van der Waals surface area contributed by atoms with E-state index in [0.717, 1.165) is 24.0 Å². The number of halogens is 3. The van der Waals surface area contributed by atoms with Crippen LogP contribution in [0.5, 0.6) is 6.01 Å². The monoisotopic (exact) mass is 484 g/mol. The van der Waals surface area contributed by atoms with E-state index in [2.05, 4.69) is 37.0 Å². The molecule has 5 heterocycles. The lowest BCUT2D eigenvalue weighted by Crippen LogP contribution is -2.24. The zero-order valence-electron chi connectivity index (χ0n) is 18.6. The summed E-state index contributed by atoms with van der Waals surface area (Å²) in [6.07, 6.45) is 1.15. The van der Waals surface area contributed by atoms with Crippen LogP contribution in [0.15, 0.2) is 54.6 Å². The maximum atomic E-state index is 12.6. The Morgan fingerprint density at radius 2 is 1.66 bits per heavy atom. The highest BCUT2D eigenvalue weighted by molar-refractivity contribution is 5.94. The smallest absolute Gasteiger partial charge is 0.422 e. The number of allylic oxidation sites excluding steroid dienone is 1. The average Bonchev–Trinajstić information content (AvgIpc) is 2.84. The summed E-state index contributed by atoms with van der Waals surface area (Å²) in [5, 5.41) is 8.79. The van der Waals surface area contributed by atoms with Crippen molar-refractivity contribution in [2.24, 2.45) is 0 Å². The van der Waals surface area contributed by atoms with Gasteiger partial charge in [0.2, 0.25) is 11.9 Å². The van der Waals surface area contributed by atoms with Gasteiger partial charge in [0.15, 0.2) is 6.61 Å². The van der Waals surface area contributed by atoms with Crippen LogP contribution >= 0.6 is 0 Å². The number of rotatable bonds is 2. The van der Waals surface area contributed by atoms with Gasteiger partial charge in [0.1, 0.15) is 0 Å². The lowest BCUT2D eigenvalue weighted by Gasteiger charge is -2.12. The molecule has 4 aliphatic rings. The molecule has 11 heteroatoms. The van der Waals surface area contributed by atoms with Gasteiger partial charge in [0.25, 0.3) is 5.91 Å². The average molecular weight is 484 g/mol. The summed E-state index contributed by atoms with van der Waals surface area (Å²) < 4.78 is 42.7. The van der Waals surface area contributed by atoms with Crippen molar-refractivity contribution in [1.29, 1.82) is 0 Å². The molecule has 1 amide bonds. The van der Waals surface area contributed by atoms with Gasteiger partial charge in [-0.2, -0.15) is 28.1 Å². The normalized spacial score (nSPS) is 15.3. The van der Waals surface area contributed by atoms with Gasteiger partial charge in [-0.05, 0) is 48.2 Å². The third-order valence-electron chi connectivity index (χ3n) is 4.96. The Morgan fingerprint density at radius 3 is 2.40 bits per heavy atom. The number of hydrogen-bond donors (Lipinski definition) is 3. The topological polar surface area (TPSA) is 101 Å². The molecule has 3 aromatic rings. The molecule has 0 spiro atoms. The molecule has 0 saturated carbocycles. The van der Waals surface area contributed by atoms with Crippen molar-refractivity contribution in [3.05, 3.63) is 71.3 Å². The van der Waals surface area contributed by atoms with Crippen LogP contribution < -0.4 is 20.7 Å². The molecule has 182 valence electrons. The maximum Gasteiger partial charge on any atom is 0.422 e. The van der Waals surface area contributed by atoms with E-state index in [1.165, 1.54) is 0 Å². The predicted octanol–water partition coefficient (Wildman–Crippen LogP) is 4.71. The van der Waals surface area contributed by atoms with E-state index in [0.29, 0.717) is 24.3 Å². The molecular weight excluding hydrogens is 461 g/mol. The number of amides is 1. The molecule has 0 saturated heterocycles. The molecule has 0 radical (unpaired) electrons. The van der Waals surface area contributed by atoms with Crippen molar-refractivity contribution in [3.8, 4) is 6.01 Å². The van der Waals surface area contributed by atoms with Gasteiger partial charge in [-0.1, -0.05) is 36.4 Å². The van der Waals surface area contributed by atoms with E-state index >= 15 is 0 Å². The van der Waals surface area contributed by atoms with E-state index in [1.807, 2.05) is 30.3 Å². The number of nitrogens with one attached hydrogen (secondary N) is 3. The fourth-order valence-corrected chi connectivity index (χ4v) is 3.21. The lowest BCUT2D eigenvalue weighted by molar-refractivity contribution is -0.154. The first-order valence-corrected chi connectivity index (χ1v) is 10.9. The van der Waals surface area contributed by atoms with Crippen LogP contribution in [0, 0.1) is 0 Å². The van der Waals surface area contributed by atoms with Crippen molar-refractivity contribution in [2.75, 3.05) is 23.8 Å². The first-order valence-electron chi connectivity index (χ1n) is 10.9. The van der Waals surface area contributed by atoms with Crippen LogP contribution in [0.4, 0.5) is 30.8 Å². The Hall–Kier alpha value is -4.15. The van der Waals surface area contributed by atoms with Crippen molar-refractivity contribution in [3.63, 3.8) is 0 Å². The van der Waals surface area contributed by atoms with Gasteiger partial charge in [-0.15, -0.1) is 0 Å². The number of benzene rings is 2. The maximum absolute atomic E-state index is 12.6. The second-order valence-electron chi connectivity index (χ2n) is 7.77. The van der Waals surface area contributed by atoms with Gasteiger partial charge in [-0.25, -0.2) is 0 Å². The summed E-state index contributed by atoms with van der Waals surface area (Å²) in [5.41, 5.74) is 2.97. The highest BCUT2D eigenvalue weighted by Gasteiger charge is 2.29. The molecule has 4 aliphatic heterocycles. The van der Waals surface area contributed by atoms with Crippen molar-refractivity contribution >= 4 is 29.6 Å². The quantitative estimate of drug-likeness (QED) is 0.485. The van der Waals surface area contributed by atoms with Gasteiger partial charge in [0.05, 0.1) is 0 Å². The first kappa shape index (κ1) is 24.0. The third kappa shape index (κ3) is 7.42. The van der Waals surface area contributed by atoms with E-state index in [1.54, 1.807) is 24.3 Å². The summed E-state index contributed by atoms with van der Waals surface area (Å²) in [7, 11) is 0. The van der Waals surface area contributed by atoms with Crippen LogP contribution in [0.2, 0.25) is 0 Å². The summed E-state index contributed by atoms with van der Waals surface area (Å²) in [6.45, 7) is -0.647. The molecule has 8 nitrogen and oxygen atoms in total. The highest BCUT2D eigenvalue weighted by Crippen LogP contribution is 2.21. The number of carbonyl (C=O) groups excluding carboxylic acids is 1. The molecule has 3 N–H and O–H groups in total. The van der Waals surface area contributed by atoms with E-state index in [-0.39, 0.29) is 17.8 Å². The fourth-order valence-electron chi connectivity index (χ4n) is 3.21. The highest BCUT2D eigenvalue weighted by atomic mass is 19.4. The van der Waals surface area contributed by atoms with Crippen LogP contribution in [0.3, 0.4) is 0 Å². The van der Waals surface area contributed by atoms with Gasteiger partial charge >= 0.3 is 12.2 Å². The molecule has 2 aromatic carbocycles. The van der Waals surface area contributed by atoms with E-state index < -0.39 is 18.8 Å². The van der Waals surface area contributed by atoms with Gasteiger partial charge in [-0.3, -0.25) is 4.79 Å². The Balaban J connectivity index is 1.61.